The molecule has 1 amide bonds. The topological polar surface area (TPSA) is 49.3 Å². The van der Waals surface area contributed by atoms with Gasteiger partial charge in [0.2, 0.25) is 0 Å². The van der Waals surface area contributed by atoms with Crippen LogP contribution in [-0.2, 0) is 0 Å². The van der Waals surface area contributed by atoms with Gasteiger partial charge in [-0.15, -0.1) is 0 Å². The second kappa shape index (κ2) is 7.82. The minimum absolute atomic E-state index is 0.0351. The fourth-order valence-corrected chi connectivity index (χ4v) is 2.25. The number of aryl methyl sites for hydroxylation is 1. The molecule has 19 heavy (non-hydrogen) atoms. The third-order valence-electron chi connectivity index (χ3n) is 3.33. The number of carbonyl (C=O) groups is 1. The molecule has 0 spiro atoms. The van der Waals surface area contributed by atoms with Gasteiger partial charge in [0.05, 0.1) is 0 Å². The lowest BCUT2D eigenvalue weighted by Crippen LogP contribution is -2.35. The van der Waals surface area contributed by atoms with Crippen LogP contribution in [0.5, 0.6) is 5.75 Å². The first kappa shape index (κ1) is 15.5. The minimum Gasteiger partial charge on any atom is -0.508 e. The molecule has 1 aromatic carbocycles. The van der Waals surface area contributed by atoms with E-state index in [4.69, 9.17) is 0 Å². The van der Waals surface area contributed by atoms with Crippen LogP contribution in [0.15, 0.2) is 18.2 Å². The molecule has 0 aliphatic heterocycles. The predicted octanol–water partition coefficient (Wildman–Crippen LogP) is 3.79. The average Bonchev–Trinajstić information content (AvgIpc) is 2.36. The lowest BCUT2D eigenvalue weighted by Gasteiger charge is -2.18. The van der Waals surface area contributed by atoms with Crippen LogP contribution >= 0.6 is 0 Å². The summed E-state index contributed by atoms with van der Waals surface area (Å²) in [5, 5.41) is 12.5. The van der Waals surface area contributed by atoms with E-state index in [1.807, 2.05) is 6.92 Å². The molecule has 0 bridgehead atoms. The zero-order valence-electron chi connectivity index (χ0n) is 12.2. The molecule has 0 aliphatic carbocycles. The van der Waals surface area contributed by atoms with Crippen LogP contribution in [0.2, 0.25) is 0 Å². The molecule has 1 atom stereocenters. The molecule has 0 saturated heterocycles. The number of benzene rings is 1. The predicted molar refractivity (Wildman–Crippen MR) is 78.5 cm³/mol. The number of aromatic hydroxyl groups is 1. The smallest absolute Gasteiger partial charge is 0.251 e. The first-order valence-corrected chi connectivity index (χ1v) is 7.19. The Hall–Kier alpha value is -1.51. The molecule has 0 fully saturated rings. The second-order valence-electron chi connectivity index (χ2n) is 5.10. The molecule has 0 saturated carbocycles. The van der Waals surface area contributed by atoms with Crippen LogP contribution in [0.1, 0.15) is 61.9 Å². The number of phenols is 1. The minimum atomic E-state index is -0.0351. The summed E-state index contributed by atoms with van der Waals surface area (Å²) in [5.74, 6) is 0.164. The highest BCUT2D eigenvalue weighted by Gasteiger charge is 2.14. The van der Waals surface area contributed by atoms with Gasteiger partial charge in [0.1, 0.15) is 5.75 Å². The number of hydrogen-bond donors (Lipinski definition) is 2. The van der Waals surface area contributed by atoms with Crippen LogP contribution in [0.4, 0.5) is 0 Å². The van der Waals surface area contributed by atoms with Gasteiger partial charge in [0, 0.05) is 11.6 Å². The third-order valence-corrected chi connectivity index (χ3v) is 3.33. The first-order valence-electron chi connectivity index (χ1n) is 7.19. The summed E-state index contributed by atoms with van der Waals surface area (Å²) in [6.07, 6.45) is 5.41. The Morgan fingerprint density at radius 3 is 2.58 bits per heavy atom. The van der Waals surface area contributed by atoms with Crippen molar-refractivity contribution in [3.05, 3.63) is 29.3 Å². The number of nitrogens with one attached hydrogen (secondary N) is 1. The van der Waals surface area contributed by atoms with E-state index < -0.39 is 0 Å². The Bertz CT molecular complexity index is 415. The molecule has 1 rings (SSSR count). The van der Waals surface area contributed by atoms with Gasteiger partial charge in [-0.25, -0.2) is 0 Å². The van der Waals surface area contributed by atoms with E-state index in [9.17, 15) is 9.90 Å². The maximum absolute atomic E-state index is 12.2. The highest BCUT2D eigenvalue weighted by Crippen LogP contribution is 2.16. The normalized spacial score (nSPS) is 12.2. The van der Waals surface area contributed by atoms with Crippen molar-refractivity contribution >= 4 is 5.91 Å². The number of phenolic OH excluding ortho intramolecular Hbond substituents is 1. The summed E-state index contributed by atoms with van der Waals surface area (Å²) < 4.78 is 0. The van der Waals surface area contributed by atoms with Crippen LogP contribution in [0.3, 0.4) is 0 Å². The average molecular weight is 263 g/mol. The van der Waals surface area contributed by atoms with Crippen molar-refractivity contribution in [1.29, 1.82) is 0 Å². The van der Waals surface area contributed by atoms with Gasteiger partial charge < -0.3 is 10.4 Å². The monoisotopic (exact) mass is 263 g/mol. The summed E-state index contributed by atoms with van der Waals surface area (Å²) in [6.45, 7) is 6.14. The molecule has 1 unspecified atom stereocenters. The summed E-state index contributed by atoms with van der Waals surface area (Å²) >= 11 is 0. The van der Waals surface area contributed by atoms with Crippen molar-refractivity contribution in [3.8, 4) is 5.75 Å². The van der Waals surface area contributed by atoms with E-state index in [0.29, 0.717) is 5.56 Å². The largest absolute Gasteiger partial charge is 0.508 e. The van der Waals surface area contributed by atoms with Gasteiger partial charge >= 0.3 is 0 Å². The SMILES string of the molecule is CCCCC(CCC)NC(=O)c1ccc(O)cc1C. The Balaban J connectivity index is 2.69. The fourth-order valence-electron chi connectivity index (χ4n) is 2.25. The van der Waals surface area contributed by atoms with E-state index in [-0.39, 0.29) is 17.7 Å². The molecule has 106 valence electrons. The standard InChI is InChI=1S/C16H25NO2/c1-4-6-8-13(7-5-2)17-16(19)15-10-9-14(18)11-12(15)3/h9-11,13,18H,4-8H2,1-3H3,(H,17,19). The molecule has 0 radical (unpaired) electrons. The van der Waals surface area contributed by atoms with E-state index in [0.717, 1.165) is 37.7 Å². The summed E-state index contributed by atoms with van der Waals surface area (Å²) in [7, 11) is 0. The number of amides is 1. The van der Waals surface area contributed by atoms with Crippen molar-refractivity contribution in [2.75, 3.05) is 0 Å². The Kier molecular flexibility index (Phi) is 6.40. The number of rotatable bonds is 7. The highest BCUT2D eigenvalue weighted by molar-refractivity contribution is 5.95. The molecule has 2 N–H and O–H groups in total. The molecular weight excluding hydrogens is 238 g/mol. The van der Waals surface area contributed by atoms with E-state index >= 15 is 0 Å². The summed E-state index contributed by atoms with van der Waals surface area (Å²) in [4.78, 5) is 12.2. The van der Waals surface area contributed by atoms with Gasteiger partial charge in [-0.05, 0) is 43.5 Å². The molecule has 1 aromatic rings. The maximum Gasteiger partial charge on any atom is 0.251 e. The number of carbonyl (C=O) groups excluding carboxylic acids is 1. The van der Waals surface area contributed by atoms with E-state index in [1.165, 1.54) is 0 Å². The maximum atomic E-state index is 12.2. The lowest BCUT2D eigenvalue weighted by molar-refractivity contribution is 0.0931. The molecule has 0 aromatic heterocycles. The Morgan fingerprint density at radius 2 is 2.00 bits per heavy atom. The Labute approximate surface area is 116 Å². The zero-order valence-corrected chi connectivity index (χ0v) is 12.2. The summed E-state index contributed by atoms with van der Waals surface area (Å²) in [5.41, 5.74) is 1.46. The number of hydrogen-bond acceptors (Lipinski definition) is 2. The van der Waals surface area contributed by atoms with Crippen molar-refractivity contribution in [3.63, 3.8) is 0 Å². The van der Waals surface area contributed by atoms with Gasteiger partial charge in [-0.3, -0.25) is 4.79 Å². The third kappa shape index (κ3) is 4.93. The van der Waals surface area contributed by atoms with Gasteiger partial charge in [0.15, 0.2) is 0 Å². The molecular formula is C16H25NO2. The summed E-state index contributed by atoms with van der Waals surface area (Å²) in [6, 6.07) is 5.12. The molecule has 0 heterocycles. The molecule has 3 nitrogen and oxygen atoms in total. The van der Waals surface area contributed by atoms with Gasteiger partial charge in [-0.2, -0.15) is 0 Å². The molecule has 0 aliphatic rings. The first-order chi connectivity index (χ1) is 9.08. The van der Waals surface area contributed by atoms with Crippen molar-refractivity contribution in [1.82, 2.24) is 5.32 Å². The van der Waals surface area contributed by atoms with Crippen LogP contribution in [-0.4, -0.2) is 17.1 Å². The van der Waals surface area contributed by atoms with Crippen molar-refractivity contribution in [2.45, 2.75) is 58.9 Å². The van der Waals surface area contributed by atoms with Crippen molar-refractivity contribution < 1.29 is 9.90 Å². The molecule has 3 heteroatoms. The zero-order chi connectivity index (χ0) is 14.3. The van der Waals surface area contributed by atoms with Crippen molar-refractivity contribution in [2.24, 2.45) is 0 Å². The van der Waals surface area contributed by atoms with Crippen LogP contribution < -0.4 is 5.32 Å². The van der Waals surface area contributed by atoms with Crippen LogP contribution in [0, 0.1) is 6.92 Å². The lowest BCUT2D eigenvalue weighted by atomic mass is 10.0. The fraction of sp³-hybridized carbons (Fsp3) is 0.562. The van der Waals surface area contributed by atoms with Crippen LogP contribution in [0.25, 0.3) is 0 Å². The second-order valence-corrected chi connectivity index (χ2v) is 5.10. The quantitative estimate of drug-likeness (QED) is 0.786. The van der Waals surface area contributed by atoms with Gasteiger partial charge in [0.25, 0.3) is 5.91 Å². The highest BCUT2D eigenvalue weighted by atomic mass is 16.3. The van der Waals surface area contributed by atoms with Gasteiger partial charge in [-0.1, -0.05) is 33.1 Å². The number of unbranched alkanes of at least 4 members (excludes halogenated alkanes) is 1. The Morgan fingerprint density at radius 1 is 1.26 bits per heavy atom. The van der Waals surface area contributed by atoms with E-state index in [1.54, 1.807) is 18.2 Å². The van der Waals surface area contributed by atoms with E-state index in [2.05, 4.69) is 19.2 Å².